The lowest BCUT2D eigenvalue weighted by Crippen LogP contribution is -2.49. The lowest BCUT2D eigenvalue weighted by molar-refractivity contribution is 0.159. The zero-order valence-corrected chi connectivity index (χ0v) is 17.1. The van der Waals surface area contributed by atoms with Crippen LogP contribution in [0.3, 0.4) is 0 Å². The van der Waals surface area contributed by atoms with Gasteiger partial charge in [0.15, 0.2) is 0 Å². The summed E-state index contributed by atoms with van der Waals surface area (Å²) in [5.74, 6) is -0.205. The van der Waals surface area contributed by atoms with Gasteiger partial charge in [-0.2, -0.15) is 0 Å². The number of nitrogens with zero attached hydrogens (tertiary/aromatic N) is 2. The van der Waals surface area contributed by atoms with Crippen molar-refractivity contribution in [2.24, 2.45) is 5.41 Å². The fourth-order valence-corrected chi connectivity index (χ4v) is 3.42. The molecule has 2 N–H and O–H groups in total. The summed E-state index contributed by atoms with van der Waals surface area (Å²) in [5, 5.41) is 12.3. The molecule has 0 aliphatic heterocycles. The largest absolute Gasteiger partial charge is 0.394 e. The van der Waals surface area contributed by atoms with E-state index in [4.69, 9.17) is 0 Å². The third kappa shape index (κ3) is 4.59. The molecule has 0 spiro atoms. The van der Waals surface area contributed by atoms with Crippen LogP contribution in [0, 0.1) is 12.3 Å². The van der Waals surface area contributed by atoms with Crippen LogP contribution in [-0.4, -0.2) is 53.3 Å². The van der Waals surface area contributed by atoms with Gasteiger partial charge >= 0.3 is 11.7 Å². The van der Waals surface area contributed by atoms with Gasteiger partial charge in [-0.25, -0.2) is 22.6 Å². The van der Waals surface area contributed by atoms with Gasteiger partial charge in [-0.15, -0.1) is 0 Å². The van der Waals surface area contributed by atoms with Crippen molar-refractivity contribution in [1.82, 2.24) is 14.5 Å². The number of rotatable bonds is 5. The highest BCUT2D eigenvalue weighted by Crippen LogP contribution is 2.20. The smallest absolute Gasteiger partial charge is 0.337 e. The summed E-state index contributed by atoms with van der Waals surface area (Å²) in [6.07, 6.45) is 1.10. The molecule has 0 saturated carbocycles. The van der Waals surface area contributed by atoms with Gasteiger partial charge in [0.05, 0.1) is 29.4 Å². The van der Waals surface area contributed by atoms with Crippen molar-refractivity contribution in [1.29, 1.82) is 0 Å². The van der Waals surface area contributed by atoms with Crippen molar-refractivity contribution >= 4 is 26.9 Å². The van der Waals surface area contributed by atoms with E-state index in [1.54, 1.807) is 25.1 Å². The van der Waals surface area contributed by atoms with Crippen LogP contribution in [0.5, 0.6) is 0 Å². The molecule has 27 heavy (non-hydrogen) atoms. The Kier molecular flexibility index (Phi) is 5.86. The van der Waals surface area contributed by atoms with Crippen LogP contribution in [-0.2, 0) is 16.4 Å². The number of hydrogen-bond donors (Lipinski definition) is 2. The van der Waals surface area contributed by atoms with E-state index < -0.39 is 33.0 Å². The first-order valence-corrected chi connectivity index (χ1v) is 10.7. The van der Waals surface area contributed by atoms with Crippen molar-refractivity contribution in [2.45, 2.75) is 40.3 Å². The molecule has 1 heterocycles. The fourth-order valence-electron chi connectivity index (χ4n) is 2.90. The van der Waals surface area contributed by atoms with Gasteiger partial charge in [-0.05, 0) is 24.0 Å². The van der Waals surface area contributed by atoms with Gasteiger partial charge in [-0.1, -0.05) is 32.9 Å². The molecule has 0 radical (unpaired) electrons. The third-order valence-electron chi connectivity index (χ3n) is 4.56. The molecule has 1 aromatic carbocycles. The number of nitrogens with one attached hydrogen (secondary N) is 1. The van der Waals surface area contributed by atoms with Crippen molar-refractivity contribution in [3.63, 3.8) is 0 Å². The van der Waals surface area contributed by atoms with Crippen LogP contribution in [0.25, 0.3) is 11.0 Å². The number of carbonyl (C=O) groups is 1. The normalized spacial score (nSPS) is 13.7. The maximum absolute atomic E-state index is 12.9. The summed E-state index contributed by atoms with van der Waals surface area (Å²) in [6.45, 7) is 7.10. The van der Waals surface area contributed by atoms with E-state index in [-0.39, 0.29) is 18.9 Å². The molecule has 1 aromatic heterocycles. The predicted octanol–water partition coefficient (Wildman–Crippen LogP) is 1.12. The van der Waals surface area contributed by atoms with Gasteiger partial charge < -0.3 is 10.4 Å². The van der Waals surface area contributed by atoms with E-state index in [0.29, 0.717) is 11.0 Å². The average molecular weight is 397 g/mol. The number of carbonyl (C=O) groups excluding carboxylic acids is 1. The molecule has 2 rings (SSSR count). The van der Waals surface area contributed by atoms with Crippen LogP contribution >= 0.6 is 0 Å². The van der Waals surface area contributed by atoms with Crippen LogP contribution in [0.1, 0.15) is 26.3 Å². The number of benzene rings is 1. The van der Waals surface area contributed by atoms with Crippen molar-refractivity contribution < 1.29 is 18.3 Å². The topological polar surface area (TPSA) is 110 Å². The fraction of sp³-hybridized carbons (Fsp3) is 0.556. The van der Waals surface area contributed by atoms with Gasteiger partial charge in [0.2, 0.25) is 0 Å². The molecule has 0 bridgehead atoms. The lowest BCUT2D eigenvalue weighted by Gasteiger charge is -2.29. The van der Waals surface area contributed by atoms with E-state index in [9.17, 15) is 23.1 Å². The molecule has 150 valence electrons. The van der Waals surface area contributed by atoms with Crippen molar-refractivity contribution in [3.05, 3.63) is 34.2 Å². The van der Waals surface area contributed by atoms with E-state index >= 15 is 0 Å². The second-order valence-corrected chi connectivity index (χ2v) is 10.2. The van der Waals surface area contributed by atoms with Crippen LogP contribution in [0.4, 0.5) is 4.79 Å². The van der Waals surface area contributed by atoms with Gasteiger partial charge in [-0.3, -0.25) is 4.57 Å². The Morgan fingerprint density at radius 1 is 1.30 bits per heavy atom. The Balaban J connectivity index is 2.57. The minimum absolute atomic E-state index is 0.0397. The summed E-state index contributed by atoms with van der Waals surface area (Å²) >= 11 is 0. The standard InChI is InChI=1S/C18H27N3O5S/c1-12-7-6-8-13-15(12)20(9-10-27(5,25)26)17(24)21(13)16(23)19-14(11-22)18(2,3)4/h6-8,14,22H,9-11H2,1-5H3,(H,19,23)/t14-/m1/s1. The average Bonchev–Trinajstić information content (AvgIpc) is 2.81. The second kappa shape index (κ2) is 7.47. The number of aromatic nitrogens is 2. The molecule has 0 fully saturated rings. The Labute approximate surface area is 158 Å². The van der Waals surface area contributed by atoms with E-state index in [1.807, 2.05) is 20.8 Å². The third-order valence-corrected chi connectivity index (χ3v) is 5.49. The molecule has 1 atom stereocenters. The Hall–Kier alpha value is -2.13. The lowest BCUT2D eigenvalue weighted by atomic mass is 9.87. The number of hydrogen-bond acceptors (Lipinski definition) is 5. The maximum Gasteiger partial charge on any atom is 0.337 e. The zero-order chi connectivity index (χ0) is 20.6. The number of aryl methyl sites for hydroxylation is 2. The Morgan fingerprint density at radius 3 is 2.44 bits per heavy atom. The maximum atomic E-state index is 12.9. The molecule has 0 unspecified atom stereocenters. The number of para-hydroxylation sites is 1. The number of aliphatic hydroxyl groups is 1. The Bertz CT molecular complexity index is 1010. The Morgan fingerprint density at radius 2 is 1.93 bits per heavy atom. The molecule has 0 aliphatic rings. The van der Waals surface area contributed by atoms with Crippen molar-refractivity contribution in [3.8, 4) is 0 Å². The number of amides is 1. The van der Waals surface area contributed by atoms with Gasteiger partial charge in [0.1, 0.15) is 9.84 Å². The van der Waals surface area contributed by atoms with Crippen LogP contribution in [0.2, 0.25) is 0 Å². The van der Waals surface area contributed by atoms with Crippen LogP contribution < -0.4 is 11.0 Å². The number of aliphatic hydroxyl groups excluding tert-OH is 1. The molecule has 1 amide bonds. The monoisotopic (exact) mass is 397 g/mol. The minimum atomic E-state index is -3.28. The van der Waals surface area contributed by atoms with E-state index in [2.05, 4.69) is 5.32 Å². The van der Waals surface area contributed by atoms with Crippen molar-refractivity contribution in [2.75, 3.05) is 18.6 Å². The highest BCUT2D eigenvalue weighted by molar-refractivity contribution is 7.90. The molecular weight excluding hydrogens is 370 g/mol. The zero-order valence-electron chi connectivity index (χ0n) is 16.3. The first-order valence-electron chi connectivity index (χ1n) is 8.67. The first kappa shape index (κ1) is 21.2. The van der Waals surface area contributed by atoms with Gasteiger partial charge in [0.25, 0.3) is 0 Å². The SMILES string of the molecule is Cc1cccc2c1n(CCS(C)(=O)=O)c(=O)n2C(=O)N[C@H](CO)C(C)(C)C. The summed E-state index contributed by atoms with van der Waals surface area (Å²) in [7, 11) is -3.28. The second-order valence-electron chi connectivity index (χ2n) is 7.89. The molecule has 9 heteroatoms. The predicted molar refractivity (Wildman–Crippen MR) is 105 cm³/mol. The molecule has 0 saturated heterocycles. The summed E-state index contributed by atoms with van der Waals surface area (Å²) in [5.41, 5.74) is 0.679. The van der Waals surface area contributed by atoms with E-state index in [1.165, 1.54) is 4.57 Å². The summed E-state index contributed by atoms with van der Waals surface area (Å²) in [4.78, 5) is 25.8. The highest BCUT2D eigenvalue weighted by Gasteiger charge is 2.28. The first-order chi connectivity index (χ1) is 12.4. The van der Waals surface area contributed by atoms with Gasteiger partial charge in [0, 0.05) is 12.8 Å². The number of sulfone groups is 1. The number of fused-ring (bicyclic) bond motifs is 1. The summed E-state index contributed by atoms with van der Waals surface area (Å²) in [6, 6.07) is 3.98. The molecular formula is C18H27N3O5S. The van der Waals surface area contributed by atoms with E-state index in [0.717, 1.165) is 16.4 Å². The molecule has 2 aromatic rings. The quantitative estimate of drug-likeness (QED) is 0.786. The molecule has 8 nitrogen and oxygen atoms in total. The minimum Gasteiger partial charge on any atom is -0.394 e. The highest BCUT2D eigenvalue weighted by atomic mass is 32.2. The molecule has 0 aliphatic carbocycles. The summed E-state index contributed by atoms with van der Waals surface area (Å²) < 4.78 is 25.4. The van der Waals surface area contributed by atoms with Crippen LogP contribution in [0.15, 0.2) is 23.0 Å². The number of imidazole rings is 1.